The molecule has 6 fully saturated rings. The number of aliphatic hydroxyl groups excluding tert-OH is 1. The van der Waals surface area contributed by atoms with Crippen molar-refractivity contribution in [2.75, 3.05) is 6.61 Å². The van der Waals surface area contributed by atoms with Crippen LogP contribution in [0.4, 0.5) is 0 Å². The van der Waals surface area contributed by atoms with Gasteiger partial charge in [0.15, 0.2) is 5.79 Å². The van der Waals surface area contributed by atoms with E-state index < -0.39 is 11.4 Å². The quantitative estimate of drug-likeness (QED) is 0.571. The second-order valence-corrected chi connectivity index (χ2v) is 13.4. The molecular weight excluding hydrogens is 388 g/mol. The molecule has 31 heavy (non-hydrogen) atoms. The lowest BCUT2D eigenvalue weighted by Gasteiger charge is -2.61. The minimum absolute atomic E-state index is 0.0592. The molecule has 12 atom stereocenters. The topological polar surface area (TPSA) is 58.9 Å². The maximum atomic E-state index is 10.4. The van der Waals surface area contributed by atoms with Crippen LogP contribution < -0.4 is 0 Å². The predicted molar refractivity (Wildman–Crippen MR) is 119 cm³/mol. The molecule has 1 spiro atoms. The Hall–Kier alpha value is -0.160. The van der Waals surface area contributed by atoms with Crippen molar-refractivity contribution in [2.24, 2.45) is 46.3 Å². The first-order chi connectivity index (χ1) is 14.6. The molecule has 2 aliphatic heterocycles. The van der Waals surface area contributed by atoms with Crippen LogP contribution in [-0.4, -0.2) is 40.4 Å². The Labute approximate surface area is 188 Å². The maximum Gasteiger partial charge on any atom is 0.171 e. The molecule has 6 rings (SSSR count). The van der Waals surface area contributed by atoms with Crippen molar-refractivity contribution in [3.8, 4) is 0 Å². The first kappa shape index (κ1) is 21.4. The summed E-state index contributed by atoms with van der Waals surface area (Å²) >= 11 is 0. The van der Waals surface area contributed by atoms with Crippen LogP contribution in [0.5, 0.6) is 0 Å². The number of aliphatic hydroxyl groups is 2. The third kappa shape index (κ3) is 2.87. The first-order valence-corrected chi connectivity index (χ1v) is 13.3. The first-order valence-electron chi connectivity index (χ1n) is 13.3. The molecule has 0 aromatic heterocycles. The normalized spacial score (nSPS) is 63.3. The molecule has 176 valence electrons. The van der Waals surface area contributed by atoms with Gasteiger partial charge in [0.05, 0.1) is 24.4 Å². The molecule has 0 aromatic carbocycles. The highest BCUT2D eigenvalue weighted by molar-refractivity contribution is 5.15. The second kappa shape index (κ2) is 6.71. The number of hydrogen-bond acceptors (Lipinski definition) is 4. The molecule has 0 bridgehead atoms. The van der Waals surface area contributed by atoms with Gasteiger partial charge in [0.25, 0.3) is 0 Å². The average molecular weight is 433 g/mol. The van der Waals surface area contributed by atoms with E-state index >= 15 is 0 Å². The van der Waals surface area contributed by atoms with Crippen molar-refractivity contribution in [2.45, 2.75) is 115 Å². The summed E-state index contributed by atoms with van der Waals surface area (Å²) in [5, 5.41) is 20.7. The lowest BCUT2D eigenvalue weighted by Crippen LogP contribution is -2.55. The van der Waals surface area contributed by atoms with Crippen molar-refractivity contribution in [3.63, 3.8) is 0 Å². The van der Waals surface area contributed by atoms with E-state index in [1.165, 1.54) is 38.5 Å². The number of hydrogen-bond donors (Lipinski definition) is 2. The van der Waals surface area contributed by atoms with Crippen molar-refractivity contribution in [1.29, 1.82) is 0 Å². The molecule has 6 aliphatic rings. The molecule has 2 heterocycles. The van der Waals surface area contributed by atoms with Crippen LogP contribution in [0, 0.1) is 46.3 Å². The van der Waals surface area contributed by atoms with Crippen LogP contribution in [-0.2, 0) is 9.47 Å². The van der Waals surface area contributed by atoms with E-state index in [1.54, 1.807) is 0 Å². The Balaban J connectivity index is 1.25. The minimum Gasteiger partial charge on any atom is -0.393 e. The summed E-state index contributed by atoms with van der Waals surface area (Å²) in [5.41, 5.74) is 0.0839. The van der Waals surface area contributed by atoms with Gasteiger partial charge in [-0.3, -0.25) is 0 Å². The molecule has 4 aliphatic carbocycles. The number of ether oxygens (including phenoxy) is 2. The van der Waals surface area contributed by atoms with Gasteiger partial charge in [-0.1, -0.05) is 20.8 Å². The van der Waals surface area contributed by atoms with Gasteiger partial charge in [-0.05, 0) is 105 Å². The Morgan fingerprint density at radius 3 is 2.35 bits per heavy atom. The van der Waals surface area contributed by atoms with Gasteiger partial charge in [-0.25, -0.2) is 0 Å². The Morgan fingerprint density at radius 1 is 0.839 bits per heavy atom. The summed E-state index contributed by atoms with van der Waals surface area (Å²) in [6.07, 6.45) is 11.7. The second-order valence-electron chi connectivity index (χ2n) is 13.4. The van der Waals surface area contributed by atoms with Crippen LogP contribution >= 0.6 is 0 Å². The lowest BCUT2D eigenvalue weighted by atomic mass is 9.44. The fourth-order valence-electron chi connectivity index (χ4n) is 10.2. The zero-order valence-corrected chi connectivity index (χ0v) is 20.1. The van der Waals surface area contributed by atoms with Crippen LogP contribution in [0.1, 0.15) is 91.9 Å². The highest BCUT2D eigenvalue weighted by Gasteiger charge is 2.69. The monoisotopic (exact) mass is 432 g/mol. The SMILES string of the molecule is C[C@H]1[C@H]2[C@H](C[C@@H]3[C@@H]4CC[C@@H]5C[C@H](O)CC[C@]5(C)[C@@H]4CC[C@]23C)O[C@]12CC[C@](C)(O)CO2. The van der Waals surface area contributed by atoms with Crippen molar-refractivity contribution < 1.29 is 19.7 Å². The van der Waals surface area contributed by atoms with Crippen molar-refractivity contribution in [1.82, 2.24) is 0 Å². The highest BCUT2D eigenvalue weighted by Crippen LogP contribution is 2.71. The Kier molecular flexibility index (Phi) is 4.62. The summed E-state index contributed by atoms with van der Waals surface area (Å²) in [5.74, 6) is 3.69. The zero-order chi connectivity index (χ0) is 21.8. The Morgan fingerprint density at radius 2 is 1.61 bits per heavy atom. The fourth-order valence-corrected chi connectivity index (χ4v) is 10.2. The minimum atomic E-state index is -0.710. The molecule has 2 saturated heterocycles. The molecule has 2 N–H and O–H groups in total. The van der Waals surface area contributed by atoms with E-state index in [1.807, 2.05) is 6.92 Å². The average Bonchev–Trinajstić information content (AvgIpc) is 3.16. The van der Waals surface area contributed by atoms with E-state index in [-0.39, 0.29) is 6.10 Å². The lowest BCUT2D eigenvalue weighted by molar-refractivity contribution is -0.294. The van der Waals surface area contributed by atoms with E-state index in [9.17, 15) is 10.2 Å². The van der Waals surface area contributed by atoms with Crippen molar-refractivity contribution in [3.05, 3.63) is 0 Å². The molecule has 0 aromatic rings. The summed E-state index contributed by atoms with van der Waals surface area (Å²) in [4.78, 5) is 0. The fraction of sp³-hybridized carbons (Fsp3) is 1.00. The molecule has 4 heteroatoms. The molecule has 4 saturated carbocycles. The van der Waals surface area contributed by atoms with Gasteiger partial charge in [-0.2, -0.15) is 0 Å². The van der Waals surface area contributed by atoms with Crippen LogP contribution in [0.3, 0.4) is 0 Å². The van der Waals surface area contributed by atoms with Gasteiger partial charge >= 0.3 is 0 Å². The highest BCUT2D eigenvalue weighted by atomic mass is 16.7. The van der Waals surface area contributed by atoms with E-state index in [4.69, 9.17) is 9.47 Å². The van der Waals surface area contributed by atoms with Crippen LogP contribution in [0.25, 0.3) is 0 Å². The van der Waals surface area contributed by atoms with E-state index in [2.05, 4.69) is 20.8 Å². The number of rotatable bonds is 0. The molecule has 0 unspecified atom stereocenters. The van der Waals surface area contributed by atoms with Crippen molar-refractivity contribution >= 4 is 0 Å². The van der Waals surface area contributed by atoms with Gasteiger partial charge < -0.3 is 19.7 Å². The van der Waals surface area contributed by atoms with Crippen LogP contribution in [0.2, 0.25) is 0 Å². The van der Waals surface area contributed by atoms with E-state index in [0.717, 1.165) is 49.4 Å². The molecular formula is C27H44O4. The standard InChI is InChI=1S/C27H44O4/c1-16-23-22(31-27(16)12-11-24(2,29)15-30-27)14-21-19-6-5-17-13-18(28)7-9-25(17,3)20(19)8-10-26(21,23)4/h16-23,28-29H,5-15H2,1-4H3/t16-,17+,18+,19+,20+,21+,22-,23-,24-,25-,26-,27+/m0/s1. The van der Waals surface area contributed by atoms with Gasteiger partial charge in [0.2, 0.25) is 0 Å². The van der Waals surface area contributed by atoms with Gasteiger partial charge in [-0.15, -0.1) is 0 Å². The van der Waals surface area contributed by atoms with Gasteiger partial charge in [0.1, 0.15) is 0 Å². The number of fused-ring (bicyclic) bond motifs is 7. The molecule has 0 radical (unpaired) electrons. The summed E-state index contributed by atoms with van der Waals surface area (Å²) in [7, 11) is 0. The van der Waals surface area contributed by atoms with Gasteiger partial charge in [0, 0.05) is 12.3 Å². The molecule has 4 nitrogen and oxygen atoms in total. The van der Waals surface area contributed by atoms with Crippen LogP contribution in [0.15, 0.2) is 0 Å². The third-order valence-electron chi connectivity index (χ3n) is 11.9. The predicted octanol–water partition coefficient (Wildman–Crippen LogP) is 4.91. The Bertz CT molecular complexity index is 725. The summed E-state index contributed by atoms with van der Waals surface area (Å²) < 4.78 is 13.2. The summed E-state index contributed by atoms with van der Waals surface area (Å²) in [6, 6.07) is 0. The third-order valence-corrected chi connectivity index (χ3v) is 11.9. The summed E-state index contributed by atoms with van der Waals surface area (Å²) in [6.45, 7) is 9.84. The zero-order valence-electron chi connectivity index (χ0n) is 20.1. The largest absolute Gasteiger partial charge is 0.393 e. The maximum absolute atomic E-state index is 10.4. The molecule has 0 amide bonds. The van der Waals surface area contributed by atoms with E-state index in [0.29, 0.717) is 35.4 Å². The smallest absolute Gasteiger partial charge is 0.171 e.